The zero-order valence-corrected chi connectivity index (χ0v) is 14.6. The third kappa shape index (κ3) is 4.47. The van der Waals surface area contributed by atoms with E-state index in [9.17, 15) is 9.59 Å². The molecule has 0 bridgehead atoms. The molecule has 1 aromatic carbocycles. The molecule has 0 aromatic heterocycles. The highest BCUT2D eigenvalue weighted by molar-refractivity contribution is 5.88. The maximum absolute atomic E-state index is 12.7. The van der Waals surface area contributed by atoms with Crippen LogP contribution in [0.2, 0.25) is 0 Å². The van der Waals surface area contributed by atoms with Crippen molar-refractivity contribution in [3.05, 3.63) is 29.3 Å². The van der Waals surface area contributed by atoms with Crippen molar-refractivity contribution in [1.82, 2.24) is 10.6 Å². The number of benzene rings is 1. The molecule has 0 spiro atoms. The lowest BCUT2D eigenvalue weighted by molar-refractivity contribution is -0.132. The minimum atomic E-state index is -0.577. The molecule has 0 aliphatic heterocycles. The Morgan fingerprint density at radius 3 is 2.79 bits per heavy atom. The lowest BCUT2D eigenvalue weighted by Crippen LogP contribution is -2.51. The van der Waals surface area contributed by atoms with Crippen LogP contribution in [-0.2, 0) is 20.7 Å². The van der Waals surface area contributed by atoms with E-state index in [1.165, 1.54) is 12.7 Å². The third-order valence-electron chi connectivity index (χ3n) is 4.34. The van der Waals surface area contributed by atoms with Crippen LogP contribution >= 0.6 is 0 Å². The van der Waals surface area contributed by atoms with E-state index in [4.69, 9.17) is 10.5 Å². The van der Waals surface area contributed by atoms with Crippen LogP contribution in [0.5, 0.6) is 0 Å². The second kappa shape index (κ2) is 8.15. The summed E-state index contributed by atoms with van der Waals surface area (Å²) in [5.41, 5.74) is 8.91. The second-order valence-corrected chi connectivity index (χ2v) is 6.63. The minimum Gasteiger partial charge on any atom is -0.399 e. The average Bonchev–Trinajstić information content (AvgIpc) is 2.52. The molecule has 0 fully saturated rings. The first-order valence-corrected chi connectivity index (χ1v) is 8.39. The van der Waals surface area contributed by atoms with Crippen molar-refractivity contribution in [2.75, 3.05) is 19.5 Å². The molecule has 0 radical (unpaired) electrons. The van der Waals surface area contributed by atoms with Crippen molar-refractivity contribution in [2.45, 2.75) is 45.2 Å². The van der Waals surface area contributed by atoms with E-state index in [1.54, 1.807) is 0 Å². The van der Waals surface area contributed by atoms with Gasteiger partial charge in [0.1, 0.15) is 12.6 Å². The highest BCUT2D eigenvalue weighted by Gasteiger charge is 2.28. The highest BCUT2D eigenvalue weighted by Crippen LogP contribution is 2.31. The number of nitrogen functional groups attached to an aromatic ring is 1. The van der Waals surface area contributed by atoms with Crippen LogP contribution in [0, 0.1) is 5.92 Å². The van der Waals surface area contributed by atoms with Crippen molar-refractivity contribution in [3.8, 4) is 0 Å². The van der Waals surface area contributed by atoms with Gasteiger partial charge in [0, 0.05) is 12.8 Å². The van der Waals surface area contributed by atoms with Gasteiger partial charge >= 0.3 is 0 Å². The Bertz CT molecular complexity index is 601. The number of hydrogen-bond acceptors (Lipinski definition) is 4. The summed E-state index contributed by atoms with van der Waals surface area (Å²) in [4.78, 5) is 24.4. The van der Waals surface area contributed by atoms with Gasteiger partial charge in [0.2, 0.25) is 11.8 Å². The number of fused-ring (bicyclic) bond motifs is 1. The summed E-state index contributed by atoms with van der Waals surface area (Å²) in [7, 11) is 1.45. The predicted molar refractivity (Wildman–Crippen MR) is 93.3 cm³/mol. The van der Waals surface area contributed by atoms with Crippen molar-refractivity contribution in [2.24, 2.45) is 5.92 Å². The fourth-order valence-electron chi connectivity index (χ4n) is 3.13. The van der Waals surface area contributed by atoms with E-state index in [0.29, 0.717) is 0 Å². The summed E-state index contributed by atoms with van der Waals surface area (Å²) in [5, 5.41) is 5.83. The standard InChI is InChI=1S/C18H27N3O3/c1-11(2)17(21-16(22)10-24-3)18(23)20-15-6-4-5-12-9-13(19)7-8-14(12)15/h7-9,11,15,17H,4-6,10,19H2,1-3H3,(H,20,23)(H,21,22)/t15?,17-/m0/s1. The summed E-state index contributed by atoms with van der Waals surface area (Å²) in [5.74, 6) is -0.465. The van der Waals surface area contributed by atoms with E-state index >= 15 is 0 Å². The Hall–Kier alpha value is -2.08. The molecule has 0 saturated heterocycles. The molecule has 4 N–H and O–H groups in total. The van der Waals surface area contributed by atoms with Gasteiger partial charge in [0.25, 0.3) is 0 Å². The highest BCUT2D eigenvalue weighted by atomic mass is 16.5. The molecule has 6 nitrogen and oxygen atoms in total. The van der Waals surface area contributed by atoms with Crippen molar-refractivity contribution >= 4 is 17.5 Å². The number of rotatable bonds is 6. The molecule has 1 aliphatic carbocycles. The van der Waals surface area contributed by atoms with E-state index in [-0.39, 0.29) is 30.4 Å². The zero-order chi connectivity index (χ0) is 17.7. The predicted octanol–water partition coefficient (Wildman–Crippen LogP) is 1.55. The van der Waals surface area contributed by atoms with E-state index in [1.807, 2.05) is 32.0 Å². The van der Waals surface area contributed by atoms with Crippen molar-refractivity contribution in [1.29, 1.82) is 0 Å². The molecule has 2 atom stereocenters. The topological polar surface area (TPSA) is 93.4 Å². The fourth-order valence-corrected chi connectivity index (χ4v) is 3.13. The number of amides is 2. The van der Waals surface area contributed by atoms with Gasteiger partial charge in [-0.3, -0.25) is 9.59 Å². The number of aryl methyl sites for hydroxylation is 1. The van der Waals surface area contributed by atoms with Crippen LogP contribution in [0.4, 0.5) is 5.69 Å². The van der Waals surface area contributed by atoms with Gasteiger partial charge in [-0.15, -0.1) is 0 Å². The van der Waals surface area contributed by atoms with Crippen LogP contribution in [0.1, 0.15) is 43.9 Å². The fraction of sp³-hybridized carbons (Fsp3) is 0.556. The summed E-state index contributed by atoms with van der Waals surface area (Å²) in [6, 6.07) is 5.22. The Balaban J connectivity index is 2.09. The Morgan fingerprint density at radius 2 is 2.12 bits per heavy atom. The summed E-state index contributed by atoms with van der Waals surface area (Å²) >= 11 is 0. The summed E-state index contributed by atoms with van der Waals surface area (Å²) in [6.07, 6.45) is 2.87. The molecule has 0 heterocycles. The van der Waals surface area contributed by atoms with Crippen LogP contribution in [0.15, 0.2) is 18.2 Å². The molecular formula is C18H27N3O3. The van der Waals surface area contributed by atoms with E-state index in [2.05, 4.69) is 10.6 Å². The quantitative estimate of drug-likeness (QED) is 0.689. The maximum atomic E-state index is 12.7. The normalized spacial score (nSPS) is 17.9. The number of nitrogens with two attached hydrogens (primary N) is 1. The smallest absolute Gasteiger partial charge is 0.246 e. The Morgan fingerprint density at radius 1 is 1.38 bits per heavy atom. The molecule has 1 unspecified atom stereocenters. The molecule has 2 rings (SSSR count). The summed E-state index contributed by atoms with van der Waals surface area (Å²) in [6.45, 7) is 3.77. The average molecular weight is 333 g/mol. The van der Waals surface area contributed by atoms with Gasteiger partial charge in [0.15, 0.2) is 0 Å². The molecule has 6 heteroatoms. The van der Waals surface area contributed by atoms with Gasteiger partial charge in [-0.2, -0.15) is 0 Å². The molecule has 1 aliphatic rings. The summed E-state index contributed by atoms with van der Waals surface area (Å²) < 4.78 is 4.82. The second-order valence-electron chi connectivity index (χ2n) is 6.63. The van der Waals surface area contributed by atoms with Crippen LogP contribution in [0.25, 0.3) is 0 Å². The Labute approximate surface area is 143 Å². The SMILES string of the molecule is COCC(=O)N[C@H](C(=O)NC1CCCc2cc(N)ccc21)C(C)C. The van der Waals surface area contributed by atoms with Gasteiger partial charge in [-0.1, -0.05) is 19.9 Å². The first-order chi connectivity index (χ1) is 11.4. The van der Waals surface area contributed by atoms with Crippen LogP contribution < -0.4 is 16.4 Å². The monoisotopic (exact) mass is 333 g/mol. The number of methoxy groups -OCH3 is 1. The van der Waals surface area contributed by atoms with Crippen LogP contribution in [-0.4, -0.2) is 31.6 Å². The number of anilines is 1. The zero-order valence-electron chi connectivity index (χ0n) is 14.6. The number of ether oxygens (including phenoxy) is 1. The molecule has 24 heavy (non-hydrogen) atoms. The van der Waals surface area contributed by atoms with Crippen molar-refractivity contribution < 1.29 is 14.3 Å². The number of carbonyl (C=O) groups excluding carboxylic acids is 2. The van der Waals surface area contributed by atoms with E-state index in [0.717, 1.165) is 30.5 Å². The number of hydrogen-bond donors (Lipinski definition) is 3. The van der Waals surface area contributed by atoms with Gasteiger partial charge in [0.05, 0.1) is 6.04 Å². The first kappa shape index (κ1) is 18.3. The molecule has 1 aromatic rings. The van der Waals surface area contributed by atoms with Gasteiger partial charge in [-0.05, 0) is 48.4 Å². The van der Waals surface area contributed by atoms with E-state index < -0.39 is 6.04 Å². The van der Waals surface area contributed by atoms with Crippen LogP contribution in [0.3, 0.4) is 0 Å². The lowest BCUT2D eigenvalue weighted by Gasteiger charge is -2.29. The molecule has 132 valence electrons. The number of nitrogens with one attached hydrogen (secondary N) is 2. The van der Waals surface area contributed by atoms with Gasteiger partial charge < -0.3 is 21.1 Å². The maximum Gasteiger partial charge on any atom is 0.246 e. The third-order valence-corrected chi connectivity index (χ3v) is 4.34. The molecular weight excluding hydrogens is 306 g/mol. The first-order valence-electron chi connectivity index (χ1n) is 8.39. The van der Waals surface area contributed by atoms with Gasteiger partial charge in [-0.25, -0.2) is 0 Å². The largest absolute Gasteiger partial charge is 0.399 e. The van der Waals surface area contributed by atoms with Crippen molar-refractivity contribution in [3.63, 3.8) is 0 Å². The molecule has 0 saturated carbocycles. The molecule has 2 amide bonds. The Kier molecular flexibility index (Phi) is 6.20. The number of carbonyl (C=O) groups is 2. The lowest BCUT2D eigenvalue weighted by atomic mass is 9.87. The minimum absolute atomic E-state index is 0.0136.